The normalized spacial score (nSPS) is 18.9. The van der Waals surface area contributed by atoms with Crippen LogP contribution in [0.25, 0.3) is 0 Å². The monoisotopic (exact) mass is 351 g/mol. The van der Waals surface area contributed by atoms with Crippen molar-refractivity contribution in [3.63, 3.8) is 0 Å². The van der Waals surface area contributed by atoms with Gasteiger partial charge in [0.15, 0.2) is 11.6 Å². The third-order valence-electron chi connectivity index (χ3n) is 4.54. The Balaban J connectivity index is 2.52. The highest BCUT2D eigenvalue weighted by Gasteiger charge is 2.33. The molecule has 0 aliphatic heterocycles. The maximum Gasteiger partial charge on any atom is 0.186 e. The number of hydrogen-bond acceptors (Lipinski definition) is 3. The van der Waals surface area contributed by atoms with Crippen LogP contribution in [0.15, 0.2) is 63.4 Å². The first-order valence-electron chi connectivity index (χ1n) is 8.99. The first-order valence-corrected chi connectivity index (χ1v) is 8.99. The number of rotatable bonds is 1. The predicted molar refractivity (Wildman–Crippen MR) is 108 cm³/mol. The van der Waals surface area contributed by atoms with E-state index in [0.29, 0.717) is 11.1 Å². The van der Waals surface area contributed by atoms with Crippen LogP contribution < -0.4 is 0 Å². The van der Waals surface area contributed by atoms with E-state index in [1.54, 1.807) is 32.2 Å². The summed E-state index contributed by atoms with van der Waals surface area (Å²) in [7, 11) is 0. The molecule has 0 atom stereocenters. The van der Waals surface area contributed by atoms with E-state index in [2.05, 4.69) is 46.5 Å². The summed E-state index contributed by atoms with van der Waals surface area (Å²) < 4.78 is 0. The molecule has 2 rings (SSSR count). The summed E-state index contributed by atoms with van der Waals surface area (Å²) >= 11 is 0. The molecular weight excluding hydrogens is 322 g/mol. The van der Waals surface area contributed by atoms with Gasteiger partial charge in [-0.15, -0.1) is 0 Å². The molecule has 2 aliphatic rings. The Morgan fingerprint density at radius 3 is 1.54 bits per heavy atom. The van der Waals surface area contributed by atoms with Crippen LogP contribution in [0.2, 0.25) is 0 Å². The second kappa shape index (κ2) is 6.79. The summed E-state index contributed by atoms with van der Waals surface area (Å²) in [5.41, 5.74) is 4.16. The molecule has 0 aromatic carbocycles. The summed E-state index contributed by atoms with van der Waals surface area (Å²) in [4.78, 5) is 29.3. The van der Waals surface area contributed by atoms with Gasteiger partial charge in [0.05, 0.1) is 5.71 Å². The smallest absolute Gasteiger partial charge is 0.186 e. The molecule has 0 aromatic heterocycles. The average Bonchev–Trinajstić information content (AvgIpc) is 2.49. The molecule has 0 bridgehead atoms. The van der Waals surface area contributed by atoms with Gasteiger partial charge >= 0.3 is 0 Å². The largest absolute Gasteiger partial charge is 0.289 e. The number of Topliss-reactive ketones (excluding diaryl/α,β-unsaturated/α-hetero) is 2. The molecule has 0 saturated heterocycles. The van der Waals surface area contributed by atoms with E-state index >= 15 is 0 Å². The second-order valence-corrected chi connectivity index (χ2v) is 9.11. The molecule has 0 saturated carbocycles. The lowest BCUT2D eigenvalue weighted by Crippen LogP contribution is -2.27. The molecule has 0 fully saturated rings. The fourth-order valence-corrected chi connectivity index (χ4v) is 2.99. The van der Waals surface area contributed by atoms with Crippen molar-refractivity contribution < 1.29 is 9.59 Å². The van der Waals surface area contributed by atoms with Crippen LogP contribution in [-0.4, -0.2) is 17.3 Å². The Bertz CT molecular complexity index is 782. The average molecular weight is 351 g/mol. The molecule has 0 amide bonds. The Hall–Kier alpha value is -2.29. The van der Waals surface area contributed by atoms with Crippen molar-refractivity contribution in [1.82, 2.24) is 0 Å². The molecule has 2 aliphatic carbocycles. The van der Waals surface area contributed by atoms with Crippen molar-refractivity contribution in [2.45, 2.75) is 55.4 Å². The lowest BCUT2D eigenvalue weighted by atomic mass is 9.72. The Kier molecular flexibility index (Phi) is 5.23. The highest BCUT2D eigenvalue weighted by atomic mass is 16.1. The second-order valence-electron chi connectivity index (χ2n) is 9.11. The van der Waals surface area contributed by atoms with Gasteiger partial charge in [0, 0.05) is 17.3 Å². The molecule has 0 radical (unpaired) electrons. The van der Waals surface area contributed by atoms with Gasteiger partial charge < -0.3 is 0 Å². The van der Waals surface area contributed by atoms with Crippen molar-refractivity contribution in [1.29, 1.82) is 0 Å². The maximum absolute atomic E-state index is 12.9. The highest BCUT2D eigenvalue weighted by molar-refractivity contribution is 6.21. The third kappa shape index (κ3) is 4.27. The number of nitrogens with zero attached hydrogens (tertiary/aromatic N) is 1. The van der Waals surface area contributed by atoms with Crippen molar-refractivity contribution >= 4 is 17.3 Å². The minimum Gasteiger partial charge on any atom is -0.289 e. The summed E-state index contributed by atoms with van der Waals surface area (Å²) in [6.45, 7) is 15.9. The molecule has 0 aromatic rings. The molecule has 26 heavy (non-hydrogen) atoms. The van der Waals surface area contributed by atoms with E-state index < -0.39 is 0 Å². The Morgan fingerprint density at radius 2 is 1.15 bits per heavy atom. The zero-order chi connectivity index (χ0) is 19.9. The van der Waals surface area contributed by atoms with Gasteiger partial charge in [0.2, 0.25) is 0 Å². The topological polar surface area (TPSA) is 46.5 Å². The van der Waals surface area contributed by atoms with Crippen molar-refractivity contribution in [3.05, 3.63) is 58.4 Å². The summed E-state index contributed by atoms with van der Waals surface area (Å²) in [6.07, 6.45) is 9.24. The SMILES string of the molecule is CC1=CC(=NC=C2C=C(C(C)(C)C)C(=O)C(C(C)(C)C)=C2)C=C(C)C1=O. The molecule has 3 nitrogen and oxygen atoms in total. The molecule has 138 valence electrons. The number of hydrogen-bond donors (Lipinski definition) is 0. The minimum absolute atomic E-state index is 0.0599. The van der Waals surface area contributed by atoms with Crippen LogP contribution in [-0.2, 0) is 9.59 Å². The fraction of sp³-hybridized carbons (Fsp3) is 0.435. The van der Waals surface area contributed by atoms with Gasteiger partial charge in [0.1, 0.15) is 0 Å². The molecule has 0 unspecified atom stereocenters. The van der Waals surface area contributed by atoms with E-state index in [-0.39, 0.29) is 22.4 Å². The molecule has 3 heteroatoms. The quantitative estimate of drug-likeness (QED) is 0.601. The van der Waals surface area contributed by atoms with E-state index in [4.69, 9.17) is 0 Å². The van der Waals surface area contributed by atoms with Gasteiger partial charge in [-0.1, -0.05) is 41.5 Å². The van der Waals surface area contributed by atoms with Crippen LogP contribution in [0, 0.1) is 10.8 Å². The summed E-state index contributed by atoms with van der Waals surface area (Å²) in [5.74, 6) is 0.175. The molecule has 0 heterocycles. The van der Waals surface area contributed by atoms with Crippen LogP contribution in [0.1, 0.15) is 55.4 Å². The summed E-state index contributed by atoms with van der Waals surface area (Å²) in [5, 5.41) is 0. The van der Waals surface area contributed by atoms with Crippen molar-refractivity contribution in [2.75, 3.05) is 0 Å². The zero-order valence-corrected chi connectivity index (χ0v) is 17.2. The molecule has 0 N–H and O–H groups in total. The standard InChI is InChI=1S/C23H29NO2/c1-14-9-17(10-15(2)20(14)25)24-13-16-11-18(22(3,4)5)21(26)19(12-16)23(6,7)8/h9-13H,1-8H3. The van der Waals surface area contributed by atoms with Gasteiger partial charge in [-0.3, -0.25) is 14.6 Å². The maximum atomic E-state index is 12.9. The summed E-state index contributed by atoms with van der Waals surface area (Å²) in [6, 6.07) is 0. The number of carbonyl (C=O) groups excluding carboxylic acids is 2. The van der Waals surface area contributed by atoms with Gasteiger partial charge in [-0.05, 0) is 65.7 Å². The van der Waals surface area contributed by atoms with Crippen molar-refractivity contribution in [3.8, 4) is 0 Å². The van der Waals surface area contributed by atoms with Crippen LogP contribution in [0.5, 0.6) is 0 Å². The van der Waals surface area contributed by atoms with Crippen molar-refractivity contribution in [2.24, 2.45) is 15.8 Å². The Morgan fingerprint density at radius 1 is 0.731 bits per heavy atom. The minimum atomic E-state index is -0.238. The lowest BCUT2D eigenvalue weighted by molar-refractivity contribution is -0.114. The number of aliphatic imine (C=N–C) groups is 1. The highest BCUT2D eigenvalue weighted by Crippen LogP contribution is 2.38. The lowest BCUT2D eigenvalue weighted by Gasteiger charge is -2.31. The zero-order valence-electron chi connectivity index (χ0n) is 17.2. The van der Waals surface area contributed by atoms with Gasteiger partial charge in [0.25, 0.3) is 0 Å². The van der Waals surface area contributed by atoms with Crippen LogP contribution >= 0.6 is 0 Å². The predicted octanol–water partition coefficient (Wildman–Crippen LogP) is 5.31. The third-order valence-corrected chi connectivity index (χ3v) is 4.54. The van der Waals surface area contributed by atoms with E-state index in [1.807, 2.05) is 12.2 Å². The Labute approximate surface area is 157 Å². The van der Waals surface area contributed by atoms with Crippen LogP contribution in [0.3, 0.4) is 0 Å². The number of ketones is 2. The van der Waals surface area contributed by atoms with Gasteiger partial charge in [-0.25, -0.2) is 0 Å². The first kappa shape index (κ1) is 20.0. The number of allylic oxidation sites excluding steroid dienone is 9. The fourth-order valence-electron chi connectivity index (χ4n) is 2.99. The number of carbonyl (C=O) groups is 2. The van der Waals surface area contributed by atoms with Crippen LogP contribution in [0.4, 0.5) is 0 Å². The van der Waals surface area contributed by atoms with Gasteiger partial charge in [-0.2, -0.15) is 0 Å². The molecular formula is C23H29NO2. The van der Waals surface area contributed by atoms with E-state index in [0.717, 1.165) is 22.4 Å². The van der Waals surface area contributed by atoms with E-state index in [9.17, 15) is 9.59 Å². The first-order chi connectivity index (χ1) is 11.8. The molecule has 0 spiro atoms. The van der Waals surface area contributed by atoms with E-state index in [1.165, 1.54) is 0 Å².